The van der Waals surface area contributed by atoms with Crippen LogP contribution in [-0.4, -0.2) is 12.2 Å². The van der Waals surface area contributed by atoms with Gasteiger partial charge in [-0.05, 0) is 30.5 Å². The van der Waals surface area contributed by atoms with Crippen molar-refractivity contribution in [3.05, 3.63) is 34.1 Å². The third-order valence-corrected chi connectivity index (χ3v) is 2.65. The maximum Gasteiger partial charge on any atom is 0.403 e. The summed E-state index contributed by atoms with van der Waals surface area (Å²) in [6.45, 7) is 0. The van der Waals surface area contributed by atoms with Crippen LogP contribution in [0, 0.1) is 5.82 Å². The van der Waals surface area contributed by atoms with Crippen LogP contribution >= 0.6 is 15.9 Å². The predicted molar refractivity (Wildman–Crippen MR) is 56.5 cm³/mol. The maximum atomic E-state index is 13.2. The number of hydrogen-bond donors (Lipinski definition) is 1. The summed E-state index contributed by atoms with van der Waals surface area (Å²) in [7, 11) is 0. The van der Waals surface area contributed by atoms with E-state index in [9.17, 15) is 17.6 Å². The van der Waals surface area contributed by atoms with E-state index in [2.05, 4.69) is 15.9 Å². The zero-order valence-corrected chi connectivity index (χ0v) is 9.78. The molecule has 0 saturated carbocycles. The summed E-state index contributed by atoms with van der Waals surface area (Å²) in [5.41, 5.74) is 5.16. The zero-order chi connectivity index (χ0) is 12.3. The van der Waals surface area contributed by atoms with E-state index >= 15 is 0 Å². The van der Waals surface area contributed by atoms with Gasteiger partial charge in [0.05, 0.1) is 0 Å². The largest absolute Gasteiger partial charge is 0.403 e. The molecule has 1 nitrogen and oxygen atoms in total. The maximum absolute atomic E-state index is 13.2. The standard InChI is InChI=1S/C10H10BrF4N/c11-7-3-1-6(8(12)5-7)2-4-9(16)10(13,14)15/h1,3,5,9H,2,4,16H2. The van der Waals surface area contributed by atoms with Crippen LogP contribution in [0.1, 0.15) is 12.0 Å². The Balaban J connectivity index is 2.62. The highest BCUT2D eigenvalue weighted by molar-refractivity contribution is 9.10. The number of nitrogens with two attached hydrogens (primary N) is 1. The number of alkyl halides is 3. The van der Waals surface area contributed by atoms with E-state index < -0.39 is 18.0 Å². The Morgan fingerprint density at radius 3 is 2.44 bits per heavy atom. The molecule has 0 radical (unpaired) electrons. The van der Waals surface area contributed by atoms with E-state index in [1.54, 1.807) is 6.07 Å². The van der Waals surface area contributed by atoms with Crippen molar-refractivity contribution in [1.29, 1.82) is 0 Å². The van der Waals surface area contributed by atoms with Gasteiger partial charge in [-0.1, -0.05) is 22.0 Å². The second-order valence-electron chi connectivity index (χ2n) is 3.42. The van der Waals surface area contributed by atoms with Gasteiger partial charge in [0, 0.05) is 4.47 Å². The van der Waals surface area contributed by atoms with Crippen LogP contribution < -0.4 is 5.73 Å². The molecule has 1 atom stereocenters. The molecule has 0 saturated heterocycles. The van der Waals surface area contributed by atoms with Gasteiger partial charge in [0.2, 0.25) is 0 Å². The van der Waals surface area contributed by atoms with Crippen LogP contribution in [0.5, 0.6) is 0 Å². The number of rotatable bonds is 3. The number of benzene rings is 1. The summed E-state index contributed by atoms with van der Waals surface area (Å²) in [6, 6.07) is 2.34. The average Bonchev–Trinajstić information content (AvgIpc) is 2.14. The van der Waals surface area contributed by atoms with Gasteiger partial charge in [0.15, 0.2) is 0 Å². The molecule has 0 aliphatic heterocycles. The highest BCUT2D eigenvalue weighted by atomic mass is 79.9. The molecular formula is C10H10BrF4N. The molecule has 16 heavy (non-hydrogen) atoms. The summed E-state index contributed by atoms with van der Waals surface area (Å²) >= 11 is 3.06. The lowest BCUT2D eigenvalue weighted by Gasteiger charge is -2.15. The SMILES string of the molecule is NC(CCc1ccc(Br)cc1F)C(F)(F)F. The van der Waals surface area contributed by atoms with E-state index in [1.165, 1.54) is 12.1 Å². The Morgan fingerprint density at radius 2 is 1.94 bits per heavy atom. The Bertz CT molecular complexity index is 364. The van der Waals surface area contributed by atoms with Crippen molar-refractivity contribution in [2.75, 3.05) is 0 Å². The van der Waals surface area contributed by atoms with Gasteiger partial charge in [-0.3, -0.25) is 0 Å². The van der Waals surface area contributed by atoms with Crippen LogP contribution in [0.15, 0.2) is 22.7 Å². The molecule has 90 valence electrons. The molecule has 0 fully saturated rings. The first kappa shape index (κ1) is 13.4. The van der Waals surface area contributed by atoms with Gasteiger partial charge >= 0.3 is 6.18 Å². The summed E-state index contributed by atoms with van der Waals surface area (Å²) < 4.78 is 50.1. The highest BCUT2D eigenvalue weighted by Gasteiger charge is 2.36. The van der Waals surface area contributed by atoms with Crippen molar-refractivity contribution < 1.29 is 17.6 Å². The topological polar surface area (TPSA) is 26.0 Å². The minimum absolute atomic E-state index is 0.0280. The van der Waals surface area contributed by atoms with E-state index in [4.69, 9.17) is 5.73 Å². The number of hydrogen-bond acceptors (Lipinski definition) is 1. The van der Waals surface area contributed by atoms with Gasteiger partial charge in [-0.2, -0.15) is 13.2 Å². The molecule has 0 amide bonds. The Hall–Kier alpha value is -0.620. The van der Waals surface area contributed by atoms with E-state index in [1.807, 2.05) is 0 Å². The predicted octanol–water partition coefficient (Wildman–Crippen LogP) is 3.41. The van der Waals surface area contributed by atoms with Crippen LogP contribution in [0.3, 0.4) is 0 Å². The minimum Gasteiger partial charge on any atom is -0.320 e. The third kappa shape index (κ3) is 3.75. The molecule has 1 aromatic carbocycles. The Morgan fingerprint density at radius 1 is 1.31 bits per heavy atom. The molecule has 2 N–H and O–H groups in total. The highest BCUT2D eigenvalue weighted by Crippen LogP contribution is 2.23. The van der Waals surface area contributed by atoms with Crippen LogP contribution in [0.2, 0.25) is 0 Å². The fraction of sp³-hybridized carbons (Fsp3) is 0.400. The molecule has 0 heterocycles. The van der Waals surface area contributed by atoms with Gasteiger partial charge in [0.25, 0.3) is 0 Å². The first-order chi connectivity index (χ1) is 7.30. The second kappa shape index (κ2) is 5.14. The summed E-state index contributed by atoms with van der Waals surface area (Å²) in [6.07, 6.45) is -4.77. The molecule has 1 aromatic rings. The molecule has 1 unspecified atom stereocenters. The fourth-order valence-electron chi connectivity index (χ4n) is 1.20. The van der Waals surface area contributed by atoms with E-state index in [-0.39, 0.29) is 18.4 Å². The molecule has 6 heteroatoms. The van der Waals surface area contributed by atoms with Gasteiger partial charge in [0.1, 0.15) is 11.9 Å². The first-order valence-electron chi connectivity index (χ1n) is 4.57. The molecule has 0 spiro atoms. The lowest BCUT2D eigenvalue weighted by atomic mass is 10.1. The second-order valence-corrected chi connectivity index (χ2v) is 4.34. The fourth-order valence-corrected chi connectivity index (χ4v) is 1.53. The number of aryl methyl sites for hydroxylation is 1. The van der Waals surface area contributed by atoms with Crippen molar-refractivity contribution in [3.8, 4) is 0 Å². The van der Waals surface area contributed by atoms with Gasteiger partial charge < -0.3 is 5.73 Å². The zero-order valence-electron chi connectivity index (χ0n) is 8.19. The average molecular weight is 300 g/mol. The molecule has 0 aliphatic rings. The lowest BCUT2D eigenvalue weighted by Crippen LogP contribution is -2.37. The lowest BCUT2D eigenvalue weighted by molar-refractivity contribution is -0.148. The van der Waals surface area contributed by atoms with E-state index in [0.29, 0.717) is 4.47 Å². The molecule has 0 aromatic heterocycles. The van der Waals surface area contributed by atoms with Crippen LogP contribution in [0.4, 0.5) is 17.6 Å². The van der Waals surface area contributed by atoms with E-state index in [0.717, 1.165) is 0 Å². The molecule has 1 rings (SSSR count). The van der Waals surface area contributed by atoms with Gasteiger partial charge in [-0.15, -0.1) is 0 Å². The quantitative estimate of drug-likeness (QED) is 0.851. The minimum atomic E-state index is -4.42. The monoisotopic (exact) mass is 299 g/mol. The van der Waals surface area contributed by atoms with Crippen molar-refractivity contribution in [3.63, 3.8) is 0 Å². The number of halogens is 5. The van der Waals surface area contributed by atoms with Crippen molar-refractivity contribution in [2.24, 2.45) is 5.73 Å². The smallest absolute Gasteiger partial charge is 0.320 e. The summed E-state index contributed by atoms with van der Waals surface area (Å²) in [5.74, 6) is -0.524. The molecular weight excluding hydrogens is 290 g/mol. The normalized spacial score (nSPS) is 13.9. The van der Waals surface area contributed by atoms with Crippen molar-refractivity contribution in [1.82, 2.24) is 0 Å². The van der Waals surface area contributed by atoms with Crippen molar-refractivity contribution in [2.45, 2.75) is 25.1 Å². The summed E-state index contributed by atoms with van der Waals surface area (Å²) in [4.78, 5) is 0. The molecule has 0 bridgehead atoms. The Kier molecular flexibility index (Phi) is 4.32. The van der Waals surface area contributed by atoms with Crippen molar-refractivity contribution >= 4 is 15.9 Å². The first-order valence-corrected chi connectivity index (χ1v) is 5.36. The van der Waals surface area contributed by atoms with Crippen LogP contribution in [-0.2, 0) is 6.42 Å². The molecule has 0 aliphatic carbocycles. The van der Waals surface area contributed by atoms with Gasteiger partial charge in [-0.25, -0.2) is 4.39 Å². The third-order valence-electron chi connectivity index (χ3n) is 2.16. The summed E-state index contributed by atoms with van der Waals surface area (Å²) in [5, 5.41) is 0. The Labute approximate surface area is 98.8 Å². The van der Waals surface area contributed by atoms with Crippen LogP contribution in [0.25, 0.3) is 0 Å².